The first-order valence-corrected chi connectivity index (χ1v) is 10.4. The quantitative estimate of drug-likeness (QED) is 0.793. The van der Waals surface area contributed by atoms with Gasteiger partial charge in [-0.1, -0.05) is 51.8 Å². The number of rotatable bonds is 5. The van der Waals surface area contributed by atoms with Crippen LogP contribution in [0.5, 0.6) is 0 Å². The number of carbonyl (C=O) groups is 1. The third kappa shape index (κ3) is 4.64. The smallest absolute Gasteiger partial charge is 0.238 e. The van der Waals surface area contributed by atoms with Crippen molar-refractivity contribution in [2.45, 2.75) is 66.3 Å². The van der Waals surface area contributed by atoms with Crippen molar-refractivity contribution < 1.29 is 4.79 Å². The number of aryl methyl sites for hydroxylation is 1. The first-order valence-electron chi connectivity index (χ1n) is 10.4. The molecule has 0 radical (unpaired) electrons. The number of hydrogen-bond acceptors (Lipinski definition) is 3. The van der Waals surface area contributed by atoms with Gasteiger partial charge in [0.25, 0.3) is 0 Å². The molecule has 3 rings (SSSR count). The van der Waals surface area contributed by atoms with Crippen LogP contribution >= 0.6 is 0 Å². The number of benzene rings is 1. The maximum Gasteiger partial charge on any atom is 0.238 e. The third-order valence-corrected chi connectivity index (χ3v) is 5.96. The standard InChI is InChI=1S/C23H34N4O/c1-16-22(17(2)27(26-16)18-11-7-6-8-12-18)25-21(28)15-24-20-14-10-9-13-19(20)23(3,4)5/h6-8,11-12,19-20,24H,9-10,13-15H2,1-5H3,(H,25,28). The summed E-state index contributed by atoms with van der Waals surface area (Å²) in [6, 6.07) is 10.4. The van der Waals surface area contributed by atoms with Gasteiger partial charge in [0, 0.05) is 6.04 Å². The van der Waals surface area contributed by atoms with E-state index in [0.717, 1.165) is 29.2 Å². The number of nitrogens with zero attached hydrogens (tertiary/aromatic N) is 2. The highest BCUT2D eigenvalue weighted by atomic mass is 16.1. The maximum absolute atomic E-state index is 12.7. The molecule has 0 aliphatic heterocycles. The molecule has 2 aromatic rings. The number of nitrogens with one attached hydrogen (secondary N) is 2. The van der Waals surface area contributed by atoms with Crippen LogP contribution in [0.2, 0.25) is 0 Å². The highest BCUT2D eigenvalue weighted by Gasteiger charge is 2.34. The number of anilines is 1. The van der Waals surface area contributed by atoms with E-state index in [2.05, 4.69) is 36.5 Å². The zero-order valence-corrected chi connectivity index (χ0v) is 17.9. The zero-order valence-electron chi connectivity index (χ0n) is 17.9. The number of hydrogen-bond donors (Lipinski definition) is 2. The van der Waals surface area contributed by atoms with E-state index in [1.807, 2.05) is 48.9 Å². The Hall–Kier alpha value is -2.14. The minimum atomic E-state index is -0.00274. The Morgan fingerprint density at radius 3 is 2.50 bits per heavy atom. The maximum atomic E-state index is 12.7. The van der Waals surface area contributed by atoms with E-state index in [4.69, 9.17) is 0 Å². The van der Waals surface area contributed by atoms with Crippen LogP contribution in [0.15, 0.2) is 30.3 Å². The summed E-state index contributed by atoms with van der Waals surface area (Å²) in [7, 11) is 0. The minimum absolute atomic E-state index is 0.00274. The molecule has 0 spiro atoms. The molecule has 1 heterocycles. The highest BCUT2D eigenvalue weighted by molar-refractivity contribution is 5.93. The molecule has 5 nitrogen and oxygen atoms in total. The van der Waals surface area contributed by atoms with Gasteiger partial charge >= 0.3 is 0 Å². The topological polar surface area (TPSA) is 59.0 Å². The molecule has 0 bridgehead atoms. The van der Waals surface area contributed by atoms with Gasteiger partial charge in [-0.05, 0) is 50.2 Å². The van der Waals surface area contributed by atoms with Gasteiger partial charge in [-0.3, -0.25) is 4.79 Å². The summed E-state index contributed by atoms with van der Waals surface area (Å²) in [6.07, 6.45) is 4.93. The number of para-hydroxylation sites is 1. The van der Waals surface area contributed by atoms with Crippen molar-refractivity contribution in [3.8, 4) is 5.69 Å². The van der Waals surface area contributed by atoms with Crippen molar-refractivity contribution in [3.05, 3.63) is 41.7 Å². The predicted molar refractivity (Wildman–Crippen MR) is 115 cm³/mol. The average Bonchev–Trinajstić information content (AvgIpc) is 2.95. The van der Waals surface area contributed by atoms with Crippen LogP contribution in [0, 0.1) is 25.2 Å². The van der Waals surface area contributed by atoms with Gasteiger partial charge in [-0.15, -0.1) is 0 Å². The second-order valence-electron chi connectivity index (χ2n) is 9.09. The molecular weight excluding hydrogens is 348 g/mol. The van der Waals surface area contributed by atoms with Crippen molar-refractivity contribution in [2.75, 3.05) is 11.9 Å². The van der Waals surface area contributed by atoms with E-state index in [1.165, 1.54) is 19.3 Å². The summed E-state index contributed by atoms with van der Waals surface area (Å²) in [6.45, 7) is 11.2. The molecule has 1 aliphatic rings. The molecule has 5 heteroatoms. The van der Waals surface area contributed by atoms with E-state index >= 15 is 0 Å². The molecule has 0 saturated heterocycles. The largest absolute Gasteiger partial charge is 0.322 e. The molecule has 2 N–H and O–H groups in total. The monoisotopic (exact) mass is 382 g/mol. The van der Waals surface area contributed by atoms with Crippen molar-refractivity contribution in [2.24, 2.45) is 11.3 Å². The normalized spacial score (nSPS) is 20.2. The highest BCUT2D eigenvalue weighted by Crippen LogP contribution is 2.37. The Bertz CT molecular complexity index is 804. The lowest BCUT2D eigenvalue weighted by Crippen LogP contribution is -2.46. The molecule has 1 saturated carbocycles. The summed E-state index contributed by atoms with van der Waals surface area (Å²) >= 11 is 0. The van der Waals surface area contributed by atoms with Crippen LogP contribution in [-0.4, -0.2) is 28.3 Å². The van der Waals surface area contributed by atoms with E-state index in [9.17, 15) is 4.79 Å². The van der Waals surface area contributed by atoms with Crippen LogP contribution in [0.25, 0.3) is 5.69 Å². The summed E-state index contributed by atoms with van der Waals surface area (Å²) in [5, 5.41) is 11.2. The third-order valence-electron chi connectivity index (χ3n) is 5.96. The lowest BCUT2D eigenvalue weighted by molar-refractivity contribution is -0.115. The number of amides is 1. The van der Waals surface area contributed by atoms with Gasteiger partial charge in [0.15, 0.2) is 0 Å². The molecule has 1 aromatic heterocycles. The Labute approximate surface area is 168 Å². The first kappa shape index (κ1) is 20.6. The molecule has 1 amide bonds. The fourth-order valence-electron chi connectivity index (χ4n) is 4.46. The van der Waals surface area contributed by atoms with Crippen LogP contribution < -0.4 is 10.6 Å². The molecule has 28 heavy (non-hydrogen) atoms. The average molecular weight is 383 g/mol. The second-order valence-corrected chi connectivity index (χ2v) is 9.09. The van der Waals surface area contributed by atoms with Crippen molar-refractivity contribution in [1.29, 1.82) is 0 Å². The summed E-state index contributed by atoms with van der Waals surface area (Å²) < 4.78 is 1.88. The van der Waals surface area contributed by atoms with Crippen molar-refractivity contribution in [3.63, 3.8) is 0 Å². The van der Waals surface area contributed by atoms with Gasteiger partial charge in [-0.2, -0.15) is 5.10 Å². The summed E-state index contributed by atoms with van der Waals surface area (Å²) in [5.41, 5.74) is 3.85. The van der Waals surface area contributed by atoms with Crippen LogP contribution in [0.4, 0.5) is 5.69 Å². The Morgan fingerprint density at radius 2 is 1.82 bits per heavy atom. The predicted octanol–water partition coefficient (Wildman–Crippen LogP) is 4.62. The molecule has 2 atom stereocenters. The van der Waals surface area contributed by atoms with Crippen molar-refractivity contribution >= 4 is 11.6 Å². The fourth-order valence-corrected chi connectivity index (χ4v) is 4.46. The second kappa shape index (κ2) is 8.48. The Morgan fingerprint density at radius 1 is 1.14 bits per heavy atom. The van der Waals surface area contributed by atoms with Crippen LogP contribution in [0.3, 0.4) is 0 Å². The van der Waals surface area contributed by atoms with E-state index in [0.29, 0.717) is 18.5 Å². The molecule has 1 aliphatic carbocycles. The van der Waals surface area contributed by atoms with Gasteiger partial charge < -0.3 is 10.6 Å². The summed E-state index contributed by atoms with van der Waals surface area (Å²) in [4.78, 5) is 12.7. The van der Waals surface area contributed by atoms with Gasteiger partial charge in [0.1, 0.15) is 0 Å². The Kier molecular flexibility index (Phi) is 6.23. The van der Waals surface area contributed by atoms with Crippen LogP contribution in [-0.2, 0) is 4.79 Å². The molecule has 1 aromatic carbocycles. The van der Waals surface area contributed by atoms with E-state index < -0.39 is 0 Å². The van der Waals surface area contributed by atoms with Gasteiger partial charge in [0.05, 0.1) is 29.3 Å². The lowest BCUT2D eigenvalue weighted by atomic mass is 9.69. The zero-order chi connectivity index (χ0) is 20.3. The van der Waals surface area contributed by atoms with Crippen molar-refractivity contribution in [1.82, 2.24) is 15.1 Å². The van der Waals surface area contributed by atoms with Gasteiger partial charge in [0.2, 0.25) is 5.91 Å². The molecule has 1 fully saturated rings. The SMILES string of the molecule is Cc1nn(-c2ccccc2)c(C)c1NC(=O)CNC1CCCCC1C(C)(C)C. The lowest BCUT2D eigenvalue weighted by Gasteiger charge is -2.40. The van der Waals surface area contributed by atoms with Gasteiger partial charge in [-0.25, -0.2) is 4.68 Å². The molecule has 2 unspecified atom stereocenters. The number of carbonyl (C=O) groups excluding carboxylic acids is 1. The Balaban J connectivity index is 1.65. The fraction of sp³-hybridized carbons (Fsp3) is 0.565. The summed E-state index contributed by atoms with van der Waals surface area (Å²) in [5.74, 6) is 0.607. The van der Waals surface area contributed by atoms with Crippen LogP contribution in [0.1, 0.15) is 57.8 Å². The van der Waals surface area contributed by atoms with E-state index in [-0.39, 0.29) is 11.3 Å². The van der Waals surface area contributed by atoms with E-state index in [1.54, 1.807) is 0 Å². The first-order chi connectivity index (χ1) is 13.3. The minimum Gasteiger partial charge on any atom is -0.322 e. The number of aromatic nitrogens is 2. The molecule has 152 valence electrons. The molecular formula is C23H34N4O.